The summed E-state index contributed by atoms with van der Waals surface area (Å²) in [5.74, 6) is 3.44. The largest absolute Gasteiger partial charge is 0.493 e. The first kappa shape index (κ1) is 19.7. The van der Waals surface area contributed by atoms with Crippen molar-refractivity contribution in [1.29, 1.82) is 0 Å². The molecule has 6 nitrogen and oxygen atoms in total. The molecule has 1 saturated carbocycles. The minimum atomic E-state index is 0.633. The summed E-state index contributed by atoms with van der Waals surface area (Å²) in [5.41, 5.74) is 1.26. The topological polar surface area (TPSA) is 63.3 Å². The molecule has 0 spiro atoms. The Bertz CT molecular complexity index is 710. The molecule has 0 aliphatic heterocycles. The third kappa shape index (κ3) is 5.22. The highest BCUT2D eigenvalue weighted by Gasteiger charge is 2.22. The molecule has 1 aromatic heterocycles. The molecule has 148 valence electrons. The van der Waals surface area contributed by atoms with Gasteiger partial charge in [-0.3, -0.25) is 10.00 Å². The lowest BCUT2D eigenvalue weighted by atomic mass is 9.94. The molecule has 1 aromatic carbocycles. The lowest BCUT2D eigenvalue weighted by Gasteiger charge is -2.33. The van der Waals surface area contributed by atoms with Crippen LogP contribution in [0, 0.1) is 0 Å². The van der Waals surface area contributed by atoms with Gasteiger partial charge in [0.05, 0.1) is 20.8 Å². The number of methoxy groups -OCH3 is 2. The van der Waals surface area contributed by atoms with Crippen molar-refractivity contribution in [3.8, 4) is 11.5 Å². The zero-order valence-corrected chi connectivity index (χ0v) is 16.8. The minimum absolute atomic E-state index is 0.633. The maximum absolute atomic E-state index is 5.45. The van der Waals surface area contributed by atoms with E-state index in [0.717, 1.165) is 49.1 Å². The molecule has 2 aromatic rings. The van der Waals surface area contributed by atoms with Crippen LogP contribution in [0.2, 0.25) is 0 Å². The van der Waals surface area contributed by atoms with E-state index in [0.29, 0.717) is 6.04 Å². The average Bonchev–Trinajstić information content (AvgIpc) is 3.19. The van der Waals surface area contributed by atoms with E-state index in [2.05, 4.69) is 39.1 Å². The fourth-order valence-electron chi connectivity index (χ4n) is 3.90. The Morgan fingerprint density at radius 1 is 1.11 bits per heavy atom. The van der Waals surface area contributed by atoms with Crippen LogP contribution in [0.3, 0.4) is 0 Å². The summed E-state index contributed by atoms with van der Waals surface area (Å²) >= 11 is 0. The molecule has 27 heavy (non-hydrogen) atoms. The first-order chi connectivity index (χ1) is 13.2. The van der Waals surface area contributed by atoms with E-state index in [4.69, 9.17) is 9.47 Å². The predicted octanol–water partition coefficient (Wildman–Crippen LogP) is 3.76. The van der Waals surface area contributed by atoms with Crippen LogP contribution in [0.5, 0.6) is 11.5 Å². The van der Waals surface area contributed by atoms with E-state index in [1.54, 1.807) is 14.2 Å². The maximum atomic E-state index is 5.45. The summed E-state index contributed by atoms with van der Waals surface area (Å²) in [4.78, 5) is 7.20. The molecular weight excluding hydrogens is 340 g/mol. The molecule has 6 heteroatoms. The van der Waals surface area contributed by atoms with Gasteiger partial charge >= 0.3 is 0 Å². The lowest BCUT2D eigenvalue weighted by Crippen LogP contribution is -2.38. The Hall–Kier alpha value is -2.08. The third-order valence-electron chi connectivity index (χ3n) is 5.47. The lowest BCUT2D eigenvalue weighted by molar-refractivity contribution is 0.146. The van der Waals surface area contributed by atoms with Gasteiger partial charge in [-0.15, -0.1) is 0 Å². The van der Waals surface area contributed by atoms with Gasteiger partial charge in [0.15, 0.2) is 11.5 Å². The van der Waals surface area contributed by atoms with Crippen molar-refractivity contribution in [3.05, 3.63) is 35.4 Å². The molecule has 1 N–H and O–H groups in total. The van der Waals surface area contributed by atoms with Crippen LogP contribution in [-0.4, -0.2) is 46.9 Å². The number of nitrogens with zero attached hydrogens (tertiary/aromatic N) is 3. The van der Waals surface area contributed by atoms with Gasteiger partial charge in [-0.1, -0.05) is 32.3 Å². The Labute approximate surface area is 162 Å². The molecule has 3 rings (SSSR count). The monoisotopic (exact) mass is 372 g/mol. The number of rotatable bonds is 9. The SMILES string of the molecule is CCc1n[nH]c(CN(CCc2ccc(OC)c(OC)c2)C2CCCCC2)n1. The molecular formula is C21H32N4O2. The van der Waals surface area contributed by atoms with Crippen molar-refractivity contribution >= 4 is 0 Å². The predicted molar refractivity (Wildman–Crippen MR) is 106 cm³/mol. The number of ether oxygens (including phenoxy) is 2. The van der Waals surface area contributed by atoms with E-state index in [9.17, 15) is 0 Å². The van der Waals surface area contributed by atoms with E-state index >= 15 is 0 Å². The van der Waals surface area contributed by atoms with E-state index < -0.39 is 0 Å². The number of hydrogen-bond acceptors (Lipinski definition) is 5. The first-order valence-corrected chi connectivity index (χ1v) is 10.1. The number of hydrogen-bond donors (Lipinski definition) is 1. The van der Waals surface area contributed by atoms with Crippen LogP contribution in [0.1, 0.15) is 56.2 Å². The van der Waals surface area contributed by atoms with Gasteiger partial charge in [-0.05, 0) is 37.0 Å². The molecule has 0 amide bonds. The van der Waals surface area contributed by atoms with Crippen molar-refractivity contribution in [1.82, 2.24) is 20.1 Å². The normalized spacial score (nSPS) is 15.3. The number of aryl methyl sites for hydroxylation is 1. The summed E-state index contributed by atoms with van der Waals surface area (Å²) in [5, 5.41) is 7.42. The summed E-state index contributed by atoms with van der Waals surface area (Å²) in [6.07, 6.45) is 8.42. The number of benzene rings is 1. The van der Waals surface area contributed by atoms with E-state index in [1.807, 2.05) is 6.07 Å². The van der Waals surface area contributed by atoms with Crippen LogP contribution in [-0.2, 0) is 19.4 Å². The molecule has 0 atom stereocenters. The van der Waals surface area contributed by atoms with E-state index in [-0.39, 0.29) is 0 Å². The van der Waals surface area contributed by atoms with Gasteiger partial charge in [-0.2, -0.15) is 5.10 Å². The molecule has 0 unspecified atom stereocenters. The number of nitrogens with one attached hydrogen (secondary N) is 1. The Morgan fingerprint density at radius 3 is 2.56 bits per heavy atom. The number of aromatic nitrogens is 3. The fraction of sp³-hybridized carbons (Fsp3) is 0.619. The fourth-order valence-corrected chi connectivity index (χ4v) is 3.90. The zero-order valence-electron chi connectivity index (χ0n) is 16.8. The zero-order chi connectivity index (χ0) is 19.1. The molecule has 1 aliphatic carbocycles. The standard InChI is InChI=1S/C21H32N4O2/c1-4-20-22-21(24-23-20)15-25(17-8-6-5-7-9-17)13-12-16-10-11-18(26-2)19(14-16)27-3/h10-11,14,17H,4-9,12-13,15H2,1-3H3,(H,22,23,24). The Kier molecular flexibility index (Phi) is 7.10. The van der Waals surface area contributed by atoms with Gasteiger partial charge < -0.3 is 9.47 Å². The first-order valence-electron chi connectivity index (χ1n) is 10.1. The van der Waals surface area contributed by atoms with Crippen molar-refractivity contribution < 1.29 is 9.47 Å². The summed E-state index contributed by atoms with van der Waals surface area (Å²) in [6, 6.07) is 6.84. The third-order valence-corrected chi connectivity index (χ3v) is 5.47. The van der Waals surface area contributed by atoms with Crippen LogP contribution in [0.15, 0.2) is 18.2 Å². The highest BCUT2D eigenvalue weighted by atomic mass is 16.5. The Morgan fingerprint density at radius 2 is 1.89 bits per heavy atom. The van der Waals surface area contributed by atoms with Crippen LogP contribution < -0.4 is 9.47 Å². The van der Waals surface area contributed by atoms with Crippen molar-refractivity contribution in [2.45, 2.75) is 64.5 Å². The molecule has 0 radical (unpaired) electrons. The van der Waals surface area contributed by atoms with Crippen molar-refractivity contribution in [2.24, 2.45) is 0 Å². The van der Waals surface area contributed by atoms with Crippen LogP contribution >= 0.6 is 0 Å². The van der Waals surface area contributed by atoms with Crippen LogP contribution in [0.25, 0.3) is 0 Å². The van der Waals surface area contributed by atoms with Gasteiger partial charge in [0.1, 0.15) is 11.6 Å². The minimum Gasteiger partial charge on any atom is -0.493 e. The smallest absolute Gasteiger partial charge is 0.160 e. The van der Waals surface area contributed by atoms with Crippen LogP contribution in [0.4, 0.5) is 0 Å². The number of H-pyrrole nitrogens is 1. The average molecular weight is 373 g/mol. The number of aromatic amines is 1. The quantitative estimate of drug-likeness (QED) is 0.726. The Balaban J connectivity index is 1.68. The molecule has 1 fully saturated rings. The van der Waals surface area contributed by atoms with Gasteiger partial charge in [0.2, 0.25) is 0 Å². The van der Waals surface area contributed by atoms with Gasteiger partial charge in [0.25, 0.3) is 0 Å². The summed E-state index contributed by atoms with van der Waals surface area (Å²) in [6.45, 7) is 3.93. The second-order valence-corrected chi connectivity index (χ2v) is 7.25. The molecule has 0 bridgehead atoms. The molecule has 0 saturated heterocycles. The van der Waals surface area contributed by atoms with Gasteiger partial charge in [-0.25, -0.2) is 4.98 Å². The summed E-state index contributed by atoms with van der Waals surface area (Å²) < 4.78 is 10.8. The van der Waals surface area contributed by atoms with Gasteiger partial charge in [0, 0.05) is 19.0 Å². The van der Waals surface area contributed by atoms with Crippen molar-refractivity contribution in [3.63, 3.8) is 0 Å². The summed E-state index contributed by atoms with van der Waals surface area (Å²) in [7, 11) is 3.36. The molecule has 1 aliphatic rings. The molecule has 1 heterocycles. The maximum Gasteiger partial charge on any atom is 0.160 e. The second-order valence-electron chi connectivity index (χ2n) is 7.25. The highest BCUT2D eigenvalue weighted by molar-refractivity contribution is 5.42. The highest BCUT2D eigenvalue weighted by Crippen LogP contribution is 2.28. The second kappa shape index (κ2) is 9.74. The van der Waals surface area contributed by atoms with E-state index in [1.165, 1.54) is 37.7 Å². The van der Waals surface area contributed by atoms with Crippen molar-refractivity contribution in [2.75, 3.05) is 20.8 Å².